The Morgan fingerprint density at radius 2 is 1.44 bits per heavy atom. The predicted molar refractivity (Wildman–Crippen MR) is 163 cm³/mol. The minimum Gasteiger partial charge on any atom is -0.508 e. The molecule has 0 heterocycles. The van der Waals surface area contributed by atoms with Gasteiger partial charge < -0.3 is 25.4 Å². The van der Waals surface area contributed by atoms with E-state index < -0.39 is 40.8 Å². The molecular formula is C33H49N3O5. The molecule has 0 saturated carbocycles. The van der Waals surface area contributed by atoms with E-state index >= 15 is 0 Å². The number of ether oxygens (including phenoxy) is 1. The second kappa shape index (κ2) is 13.0. The first-order chi connectivity index (χ1) is 18.8. The van der Waals surface area contributed by atoms with Gasteiger partial charge in [-0.25, -0.2) is 4.79 Å². The molecule has 3 N–H and O–H groups in total. The maximum Gasteiger partial charge on any atom is 0.408 e. The highest BCUT2D eigenvalue weighted by Crippen LogP contribution is 2.36. The van der Waals surface area contributed by atoms with Crippen LogP contribution in [0.4, 0.5) is 4.79 Å². The van der Waals surface area contributed by atoms with Crippen molar-refractivity contribution in [3.8, 4) is 5.75 Å². The summed E-state index contributed by atoms with van der Waals surface area (Å²) in [5.41, 5.74) is 1.18. The molecule has 0 aliphatic carbocycles. The number of phenolic OH excluding ortho intramolecular Hbond substituents is 1. The van der Waals surface area contributed by atoms with Crippen LogP contribution in [0.3, 0.4) is 0 Å². The first-order valence-electron chi connectivity index (χ1n) is 14.2. The number of hydrogen-bond acceptors (Lipinski definition) is 5. The van der Waals surface area contributed by atoms with Gasteiger partial charge in [-0.15, -0.1) is 0 Å². The lowest BCUT2D eigenvalue weighted by Gasteiger charge is -2.46. The highest BCUT2D eigenvalue weighted by atomic mass is 16.6. The van der Waals surface area contributed by atoms with E-state index in [1.807, 2.05) is 73.6 Å². The monoisotopic (exact) mass is 567 g/mol. The highest BCUT2D eigenvalue weighted by Gasteiger charge is 2.44. The lowest BCUT2D eigenvalue weighted by atomic mass is 9.87. The molecule has 0 aliphatic rings. The third-order valence-electron chi connectivity index (χ3n) is 6.94. The summed E-state index contributed by atoms with van der Waals surface area (Å²) in [5.74, 6) is -0.614. The van der Waals surface area contributed by atoms with Crippen LogP contribution < -0.4 is 10.6 Å². The van der Waals surface area contributed by atoms with Gasteiger partial charge in [0.05, 0.1) is 0 Å². The van der Waals surface area contributed by atoms with Crippen molar-refractivity contribution in [2.75, 3.05) is 0 Å². The Morgan fingerprint density at radius 1 is 0.902 bits per heavy atom. The predicted octanol–water partition coefficient (Wildman–Crippen LogP) is 6.12. The second-order valence-corrected chi connectivity index (χ2v) is 13.4. The molecular weight excluding hydrogens is 518 g/mol. The Kier molecular flexibility index (Phi) is 10.6. The first-order valence-corrected chi connectivity index (χ1v) is 14.2. The summed E-state index contributed by atoms with van der Waals surface area (Å²) >= 11 is 0. The van der Waals surface area contributed by atoms with Crippen molar-refractivity contribution in [2.24, 2.45) is 0 Å². The fourth-order valence-electron chi connectivity index (χ4n) is 4.70. The lowest BCUT2D eigenvalue weighted by molar-refractivity contribution is -0.150. The molecule has 226 valence electrons. The molecule has 8 heteroatoms. The molecule has 2 atom stereocenters. The van der Waals surface area contributed by atoms with Crippen LogP contribution in [0, 0.1) is 13.8 Å². The first kappa shape index (κ1) is 33.7. The number of carbonyl (C=O) groups is 3. The average molecular weight is 568 g/mol. The zero-order chi connectivity index (χ0) is 31.3. The summed E-state index contributed by atoms with van der Waals surface area (Å²) in [6.07, 6.45) is -0.0391. The number of carbonyl (C=O) groups excluding carboxylic acids is 3. The Labute approximate surface area is 245 Å². The number of hydrogen-bond donors (Lipinski definition) is 3. The van der Waals surface area contributed by atoms with Gasteiger partial charge in [0.15, 0.2) is 0 Å². The number of alkyl carbamates (subject to hydrolysis) is 1. The van der Waals surface area contributed by atoms with E-state index in [1.54, 1.807) is 37.8 Å². The van der Waals surface area contributed by atoms with Crippen LogP contribution in [0.2, 0.25) is 0 Å². The molecule has 0 spiro atoms. The van der Waals surface area contributed by atoms with E-state index in [2.05, 4.69) is 10.6 Å². The van der Waals surface area contributed by atoms with Crippen LogP contribution in [-0.2, 0) is 20.7 Å². The topological polar surface area (TPSA) is 108 Å². The maximum atomic E-state index is 14.8. The fourth-order valence-corrected chi connectivity index (χ4v) is 4.70. The van der Waals surface area contributed by atoms with Crippen LogP contribution in [0.15, 0.2) is 42.5 Å². The fraction of sp³-hybridized carbons (Fsp3) is 0.545. The van der Waals surface area contributed by atoms with Crippen molar-refractivity contribution in [3.63, 3.8) is 0 Å². The maximum absolute atomic E-state index is 14.8. The Bertz CT molecular complexity index is 1200. The van der Waals surface area contributed by atoms with E-state index in [9.17, 15) is 19.5 Å². The number of phenols is 1. The normalized spacial score (nSPS) is 13.6. The zero-order valence-electron chi connectivity index (χ0n) is 26.6. The van der Waals surface area contributed by atoms with Crippen molar-refractivity contribution in [1.82, 2.24) is 15.5 Å². The summed E-state index contributed by atoms with van der Waals surface area (Å²) < 4.78 is 5.52. The summed E-state index contributed by atoms with van der Waals surface area (Å²) in [5, 5.41) is 15.7. The smallest absolute Gasteiger partial charge is 0.408 e. The van der Waals surface area contributed by atoms with Gasteiger partial charge in [-0.2, -0.15) is 0 Å². The number of benzene rings is 2. The minimum absolute atomic E-state index is 0.0967. The average Bonchev–Trinajstić information content (AvgIpc) is 2.81. The standard InChI is InChI=1S/C33H49N3O5/c1-12-33(10,11)36(27(28(38)35-31(4,5)6)26-21(2)14-13-15-22(26)3)29(39)25(34-30(40)41-32(7,8)9)20-23-16-18-24(37)19-17-23/h13-19,25,27,37H,12,20H2,1-11H3,(H,34,40)(H,35,38). The second-order valence-electron chi connectivity index (χ2n) is 13.4. The van der Waals surface area contributed by atoms with Gasteiger partial charge in [-0.3, -0.25) is 9.59 Å². The van der Waals surface area contributed by atoms with Crippen molar-refractivity contribution >= 4 is 17.9 Å². The van der Waals surface area contributed by atoms with Crippen LogP contribution in [0.25, 0.3) is 0 Å². The van der Waals surface area contributed by atoms with Gasteiger partial charge in [0.25, 0.3) is 0 Å². The molecule has 8 nitrogen and oxygen atoms in total. The number of nitrogens with one attached hydrogen (secondary N) is 2. The number of aromatic hydroxyl groups is 1. The molecule has 3 amide bonds. The molecule has 0 fully saturated rings. The largest absolute Gasteiger partial charge is 0.508 e. The molecule has 0 radical (unpaired) electrons. The van der Waals surface area contributed by atoms with Crippen LogP contribution >= 0.6 is 0 Å². The Morgan fingerprint density at radius 3 is 1.90 bits per heavy atom. The van der Waals surface area contributed by atoms with Crippen molar-refractivity contribution in [2.45, 2.75) is 118 Å². The third-order valence-corrected chi connectivity index (χ3v) is 6.94. The molecule has 0 aromatic heterocycles. The van der Waals surface area contributed by atoms with Gasteiger partial charge in [-0.05, 0) is 110 Å². The van der Waals surface area contributed by atoms with E-state index in [4.69, 9.17) is 4.74 Å². The van der Waals surface area contributed by atoms with Crippen LogP contribution in [-0.4, -0.2) is 50.6 Å². The molecule has 2 unspecified atom stereocenters. The molecule has 0 aliphatic heterocycles. The third kappa shape index (κ3) is 9.51. The highest BCUT2D eigenvalue weighted by molar-refractivity contribution is 5.93. The van der Waals surface area contributed by atoms with Crippen molar-refractivity contribution < 1.29 is 24.2 Å². The summed E-state index contributed by atoms with van der Waals surface area (Å²) in [6.45, 7) is 20.7. The van der Waals surface area contributed by atoms with Crippen molar-refractivity contribution in [1.29, 1.82) is 0 Å². The Balaban J connectivity index is 2.75. The zero-order valence-corrected chi connectivity index (χ0v) is 26.6. The summed E-state index contributed by atoms with van der Waals surface area (Å²) in [6, 6.07) is 10.3. The van der Waals surface area contributed by atoms with Crippen LogP contribution in [0.5, 0.6) is 5.75 Å². The van der Waals surface area contributed by atoms with E-state index in [-0.39, 0.29) is 18.1 Å². The minimum atomic E-state index is -1.05. The van der Waals surface area contributed by atoms with Gasteiger partial charge in [0.1, 0.15) is 23.4 Å². The molecule has 41 heavy (non-hydrogen) atoms. The number of nitrogens with zero attached hydrogens (tertiary/aromatic N) is 1. The van der Waals surface area contributed by atoms with Gasteiger partial charge >= 0.3 is 6.09 Å². The van der Waals surface area contributed by atoms with Gasteiger partial charge in [0, 0.05) is 17.5 Å². The quantitative estimate of drug-likeness (QED) is 0.338. The number of aryl methyl sites for hydroxylation is 2. The van der Waals surface area contributed by atoms with Crippen LogP contribution in [0.1, 0.15) is 97.0 Å². The van der Waals surface area contributed by atoms with E-state index in [0.29, 0.717) is 6.42 Å². The van der Waals surface area contributed by atoms with E-state index in [0.717, 1.165) is 22.3 Å². The molecule has 2 aromatic rings. The van der Waals surface area contributed by atoms with Gasteiger partial charge in [0.2, 0.25) is 11.8 Å². The van der Waals surface area contributed by atoms with Crippen molar-refractivity contribution in [3.05, 3.63) is 64.7 Å². The number of amides is 3. The lowest BCUT2D eigenvalue weighted by Crippen LogP contribution is -2.61. The SMILES string of the molecule is CCC(C)(C)N(C(=O)C(Cc1ccc(O)cc1)NC(=O)OC(C)(C)C)C(C(=O)NC(C)(C)C)c1c(C)cccc1C. The molecule has 2 rings (SSSR count). The Hall–Kier alpha value is -3.55. The van der Waals surface area contributed by atoms with Gasteiger partial charge in [-0.1, -0.05) is 37.3 Å². The van der Waals surface area contributed by atoms with E-state index in [1.165, 1.54) is 12.1 Å². The summed E-state index contributed by atoms with van der Waals surface area (Å²) in [4.78, 5) is 43.5. The number of rotatable bonds is 9. The molecule has 0 saturated heterocycles. The molecule has 2 aromatic carbocycles. The summed E-state index contributed by atoms with van der Waals surface area (Å²) in [7, 11) is 0. The molecule has 0 bridgehead atoms.